The number of rotatable bonds is 6. The van der Waals surface area contributed by atoms with Crippen LogP contribution < -0.4 is 0 Å². The summed E-state index contributed by atoms with van der Waals surface area (Å²) in [4.78, 5) is 0. The summed E-state index contributed by atoms with van der Waals surface area (Å²) in [5, 5.41) is 19.4. The van der Waals surface area contributed by atoms with Gasteiger partial charge in [-0.25, -0.2) is 0 Å². The molecular weight excluding hydrogens is 304 g/mol. The van der Waals surface area contributed by atoms with Crippen molar-refractivity contribution in [2.75, 3.05) is 39.6 Å². The van der Waals surface area contributed by atoms with Crippen molar-refractivity contribution < 1.29 is 33.9 Å². The van der Waals surface area contributed by atoms with E-state index >= 15 is 0 Å². The van der Waals surface area contributed by atoms with E-state index in [4.69, 9.17) is 23.7 Å². The van der Waals surface area contributed by atoms with Gasteiger partial charge in [-0.2, -0.15) is 0 Å². The van der Waals surface area contributed by atoms with Gasteiger partial charge >= 0.3 is 0 Å². The number of aliphatic hydroxyl groups excluding tert-OH is 2. The first-order chi connectivity index (χ1) is 11.2. The fraction of sp³-hybridized carbons (Fsp3) is 1.00. The van der Waals surface area contributed by atoms with E-state index in [1.54, 1.807) is 0 Å². The molecule has 0 bridgehead atoms. The summed E-state index contributed by atoms with van der Waals surface area (Å²) in [5.74, 6) is 0.620. The second-order valence-electron chi connectivity index (χ2n) is 7.04. The van der Waals surface area contributed by atoms with Crippen molar-refractivity contribution in [3.05, 3.63) is 0 Å². The SMILES string of the molecule is O[C@H]1COC2C1OC[C@H]2CCOCC[C@@H]1COC2C1OC[C@@H]2O. The van der Waals surface area contributed by atoms with Crippen LogP contribution >= 0.6 is 0 Å². The van der Waals surface area contributed by atoms with Crippen LogP contribution in [0, 0.1) is 11.8 Å². The number of hydrogen-bond donors (Lipinski definition) is 2. The summed E-state index contributed by atoms with van der Waals surface area (Å²) in [7, 11) is 0. The molecule has 0 radical (unpaired) electrons. The first-order valence-corrected chi connectivity index (χ1v) is 8.64. The highest BCUT2D eigenvalue weighted by Crippen LogP contribution is 2.34. The summed E-state index contributed by atoms with van der Waals surface area (Å²) in [6.07, 6.45) is 0.534. The summed E-state index contributed by atoms with van der Waals surface area (Å²) >= 11 is 0. The smallest absolute Gasteiger partial charge is 0.112 e. The molecule has 4 fully saturated rings. The maximum Gasteiger partial charge on any atom is 0.112 e. The minimum atomic E-state index is -0.483. The molecule has 4 saturated heterocycles. The van der Waals surface area contributed by atoms with Crippen molar-refractivity contribution in [2.24, 2.45) is 11.8 Å². The van der Waals surface area contributed by atoms with Gasteiger partial charge in [0.15, 0.2) is 0 Å². The molecule has 4 unspecified atom stereocenters. The van der Waals surface area contributed by atoms with Gasteiger partial charge in [0.1, 0.15) is 24.4 Å². The lowest BCUT2D eigenvalue weighted by Gasteiger charge is -2.17. The molecule has 8 atom stereocenters. The highest BCUT2D eigenvalue weighted by Gasteiger charge is 2.47. The number of aliphatic hydroxyl groups is 2. The van der Waals surface area contributed by atoms with Crippen molar-refractivity contribution in [3.8, 4) is 0 Å². The Morgan fingerprint density at radius 1 is 0.652 bits per heavy atom. The molecule has 0 aliphatic carbocycles. The van der Waals surface area contributed by atoms with E-state index < -0.39 is 12.2 Å². The molecule has 7 nitrogen and oxygen atoms in total. The summed E-state index contributed by atoms with van der Waals surface area (Å²) in [5.41, 5.74) is 0. The molecule has 7 heteroatoms. The molecule has 0 amide bonds. The Bertz CT molecular complexity index is 370. The van der Waals surface area contributed by atoms with E-state index in [9.17, 15) is 10.2 Å². The van der Waals surface area contributed by atoms with Crippen LogP contribution in [0.5, 0.6) is 0 Å². The minimum absolute atomic E-state index is 0.0194. The topological polar surface area (TPSA) is 86.6 Å². The standard InChI is InChI=1S/C16H26O7/c17-11-7-22-13-9(5-20-15(11)13)1-3-19-4-2-10-6-21-16-12(18)8-23-14(10)16/h9-18H,1-8H2/t9-,10-,11+,12+,13?,14?,15?,16?/m1/s1. The highest BCUT2D eigenvalue weighted by molar-refractivity contribution is 4.94. The third-order valence-electron chi connectivity index (χ3n) is 5.53. The summed E-state index contributed by atoms with van der Waals surface area (Å²) < 4.78 is 28.2. The highest BCUT2D eigenvalue weighted by atomic mass is 16.6. The molecule has 4 aliphatic heterocycles. The van der Waals surface area contributed by atoms with Crippen LogP contribution in [0.25, 0.3) is 0 Å². The fourth-order valence-electron chi connectivity index (χ4n) is 4.18. The summed E-state index contributed by atoms with van der Waals surface area (Å²) in [6, 6.07) is 0. The molecule has 23 heavy (non-hydrogen) atoms. The summed E-state index contributed by atoms with van der Waals surface area (Å²) in [6.45, 7) is 3.37. The molecule has 4 rings (SSSR count). The molecular formula is C16H26O7. The van der Waals surface area contributed by atoms with Crippen molar-refractivity contribution in [3.63, 3.8) is 0 Å². The van der Waals surface area contributed by atoms with Crippen LogP contribution in [-0.2, 0) is 23.7 Å². The van der Waals surface area contributed by atoms with Gasteiger partial charge < -0.3 is 33.9 Å². The Labute approximate surface area is 135 Å². The van der Waals surface area contributed by atoms with E-state index in [1.807, 2.05) is 0 Å². The van der Waals surface area contributed by atoms with Gasteiger partial charge in [-0.15, -0.1) is 0 Å². The zero-order valence-corrected chi connectivity index (χ0v) is 13.2. The third-order valence-corrected chi connectivity index (χ3v) is 5.53. The Morgan fingerprint density at radius 3 is 1.57 bits per heavy atom. The lowest BCUT2D eigenvalue weighted by atomic mass is 9.98. The zero-order chi connectivity index (χ0) is 15.8. The predicted octanol–water partition coefficient (Wildman–Crippen LogP) is -0.667. The van der Waals surface area contributed by atoms with E-state index in [0.717, 1.165) is 12.8 Å². The van der Waals surface area contributed by atoms with Gasteiger partial charge in [0, 0.05) is 25.0 Å². The van der Waals surface area contributed by atoms with Gasteiger partial charge in [-0.05, 0) is 12.8 Å². The van der Waals surface area contributed by atoms with Crippen LogP contribution in [-0.4, -0.2) is 86.5 Å². The normalized spacial score (nSPS) is 48.8. The molecule has 132 valence electrons. The Hall–Kier alpha value is -0.280. The van der Waals surface area contributed by atoms with Crippen molar-refractivity contribution in [1.82, 2.24) is 0 Å². The van der Waals surface area contributed by atoms with Crippen molar-refractivity contribution in [2.45, 2.75) is 49.5 Å². The average Bonchev–Trinajstić information content (AvgIpc) is 3.27. The number of hydrogen-bond acceptors (Lipinski definition) is 7. The van der Waals surface area contributed by atoms with Gasteiger partial charge in [-0.3, -0.25) is 0 Å². The zero-order valence-electron chi connectivity index (χ0n) is 13.2. The van der Waals surface area contributed by atoms with Crippen LogP contribution in [0.3, 0.4) is 0 Å². The maximum atomic E-state index is 9.72. The third kappa shape index (κ3) is 3.16. The van der Waals surface area contributed by atoms with Gasteiger partial charge in [0.25, 0.3) is 0 Å². The average molecular weight is 330 g/mol. The quantitative estimate of drug-likeness (QED) is 0.625. The van der Waals surface area contributed by atoms with Crippen LogP contribution in [0.2, 0.25) is 0 Å². The lowest BCUT2D eigenvalue weighted by Crippen LogP contribution is -2.29. The second kappa shape index (κ2) is 6.92. The monoisotopic (exact) mass is 330 g/mol. The molecule has 0 aromatic heterocycles. The molecule has 4 heterocycles. The molecule has 0 saturated carbocycles. The van der Waals surface area contributed by atoms with E-state index in [-0.39, 0.29) is 24.4 Å². The fourth-order valence-corrected chi connectivity index (χ4v) is 4.18. The second-order valence-corrected chi connectivity index (χ2v) is 7.04. The van der Waals surface area contributed by atoms with Crippen LogP contribution in [0.4, 0.5) is 0 Å². The van der Waals surface area contributed by atoms with Crippen LogP contribution in [0.1, 0.15) is 12.8 Å². The molecule has 0 spiro atoms. The minimum Gasteiger partial charge on any atom is -0.388 e. The molecule has 0 aromatic rings. The molecule has 4 aliphatic rings. The predicted molar refractivity (Wildman–Crippen MR) is 78.0 cm³/mol. The van der Waals surface area contributed by atoms with Gasteiger partial charge in [-0.1, -0.05) is 0 Å². The van der Waals surface area contributed by atoms with E-state index in [0.29, 0.717) is 51.5 Å². The molecule has 2 N–H and O–H groups in total. The van der Waals surface area contributed by atoms with Crippen LogP contribution in [0.15, 0.2) is 0 Å². The lowest BCUT2D eigenvalue weighted by molar-refractivity contribution is 0.0128. The molecule has 0 aromatic carbocycles. The Kier molecular flexibility index (Phi) is 4.87. The van der Waals surface area contributed by atoms with Crippen molar-refractivity contribution >= 4 is 0 Å². The Morgan fingerprint density at radius 2 is 1.09 bits per heavy atom. The number of fused-ring (bicyclic) bond motifs is 2. The van der Waals surface area contributed by atoms with E-state index in [1.165, 1.54) is 0 Å². The van der Waals surface area contributed by atoms with E-state index in [2.05, 4.69) is 0 Å². The first-order valence-electron chi connectivity index (χ1n) is 8.64. The van der Waals surface area contributed by atoms with Gasteiger partial charge in [0.2, 0.25) is 0 Å². The maximum absolute atomic E-state index is 9.72. The Balaban J connectivity index is 1.12. The first kappa shape index (κ1) is 16.2. The van der Waals surface area contributed by atoms with Gasteiger partial charge in [0.05, 0.1) is 38.6 Å². The van der Waals surface area contributed by atoms with Crippen molar-refractivity contribution in [1.29, 1.82) is 0 Å². The number of ether oxygens (including phenoxy) is 5. The largest absolute Gasteiger partial charge is 0.388 e.